The average molecular weight is 987 g/mol. The lowest BCUT2D eigenvalue weighted by Crippen LogP contribution is -2.61. The van der Waals surface area contributed by atoms with E-state index in [4.69, 9.17) is 0 Å². The summed E-state index contributed by atoms with van der Waals surface area (Å²) in [6.45, 7) is -0.0628. The Hall–Kier alpha value is -9.96. The van der Waals surface area contributed by atoms with E-state index in [1.807, 2.05) is 0 Å². The smallest absolute Gasteiger partial charge is 0.252 e. The molecule has 17 rings (SSSR count). The van der Waals surface area contributed by atoms with Gasteiger partial charge in [-0.3, -0.25) is 0 Å². The summed E-state index contributed by atoms with van der Waals surface area (Å²) in [5.41, 5.74) is 28.2. The Morgan fingerprint density at radius 3 is 1.05 bits per heavy atom. The maximum Gasteiger partial charge on any atom is 0.252 e. The molecule has 4 aliphatic rings. The first-order valence-electron chi connectivity index (χ1n) is 27.3. The number of anilines is 6. The molecule has 0 unspecified atom stereocenters. The summed E-state index contributed by atoms with van der Waals surface area (Å²) in [4.78, 5) is 5.15. The topological polar surface area (TPSA) is 6.48 Å². The molecule has 2 heterocycles. The minimum absolute atomic E-state index is 0.0628. The molecular formula is C75H47BN2. The minimum Gasteiger partial charge on any atom is -0.311 e. The normalized spacial score (nSPS) is 13.7. The second kappa shape index (κ2) is 16.5. The molecule has 13 aromatic carbocycles. The molecule has 360 valence electrons. The standard InChI is InChI=1S/C75H47BN2/c1-3-17-48(18-4-1)50-31-36-58(37-32-50)77-70-44-54-23-9-7-21-52(54)42-68(70)76-69-43-53-22-8-10-24-55(53)45-71(69)78(59-38-33-51(34-39-59)49-19-5-2-6-20-49)73-47-57(46-72(77)74(73)76)56-35-40-63-62-27-13-16-30-66(62)75(67(63)41-56)64-28-14-11-25-60(64)61-26-12-15-29-65(61)75/h1-47H. The van der Waals surface area contributed by atoms with Crippen LogP contribution < -0.4 is 26.2 Å². The van der Waals surface area contributed by atoms with Crippen LogP contribution in [0.15, 0.2) is 285 Å². The van der Waals surface area contributed by atoms with E-state index < -0.39 is 5.41 Å². The minimum atomic E-state index is -0.470. The monoisotopic (exact) mass is 986 g/mol. The van der Waals surface area contributed by atoms with Gasteiger partial charge in [0.15, 0.2) is 0 Å². The zero-order valence-corrected chi connectivity index (χ0v) is 42.6. The van der Waals surface area contributed by atoms with E-state index in [9.17, 15) is 0 Å². The highest BCUT2D eigenvalue weighted by molar-refractivity contribution is 7.00. The van der Waals surface area contributed by atoms with Crippen molar-refractivity contribution in [3.63, 3.8) is 0 Å². The lowest BCUT2D eigenvalue weighted by Gasteiger charge is -2.44. The molecule has 0 fully saturated rings. The fourth-order valence-corrected chi connectivity index (χ4v) is 14.2. The summed E-state index contributed by atoms with van der Waals surface area (Å²) in [7, 11) is 0. The zero-order chi connectivity index (χ0) is 51.1. The average Bonchev–Trinajstić information content (AvgIpc) is 3.94. The van der Waals surface area contributed by atoms with Crippen molar-refractivity contribution in [3.8, 4) is 55.6 Å². The molecule has 2 nitrogen and oxygen atoms in total. The van der Waals surface area contributed by atoms with Crippen LogP contribution >= 0.6 is 0 Å². The van der Waals surface area contributed by atoms with Gasteiger partial charge in [-0.15, -0.1) is 0 Å². The molecule has 2 aliphatic heterocycles. The molecule has 0 amide bonds. The summed E-state index contributed by atoms with van der Waals surface area (Å²) >= 11 is 0. The predicted octanol–water partition coefficient (Wildman–Crippen LogP) is 17.4. The molecule has 13 aromatic rings. The highest BCUT2D eigenvalue weighted by Crippen LogP contribution is 2.63. The number of hydrogen-bond acceptors (Lipinski definition) is 2. The molecule has 0 atom stereocenters. The number of rotatable bonds is 5. The van der Waals surface area contributed by atoms with Crippen molar-refractivity contribution in [1.29, 1.82) is 0 Å². The summed E-state index contributed by atoms with van der Waals surface area (Å²) in [6.07, 6.45) is 0. The van der Waals surface area contributed by atoms with Crippen molar-refractivity contribution >= 4 is 78.8 Å². The van der Waals surface area contributed by atoms with Crippen LogP contribution in [0.1, 0.15) is 22.3 Å². The molecule has 1 spiro atoms. The van der Waals surface area contributed by atoms with E-state index in [0.29, 0.717) is 0 Å². The Kier molecular flexibility index (Phi) is 9.17. The van der Waals surface area contributed by atoms with Crippen LogP contribution in [0.4, 0.5) is 34.1 Å². The Balaban J connectivity index is 0.967. The van der Waals surface area contributed by atoms with Gasteiger partial charge in [0.1, 0.15) is 0 Å². The quantitative estimate of drug-likeness (QED) is 0.159. The van der Waals surface area contributed by atoms with E-state index in [0.717, 1.165) is 11.4 Å². The first kappa shape index (κ1) is 43.3. The van der Waals surface area contributed by atoms with Crippen LogP contribution in [0, 0.1) is 0 Å². The molecule has 0 aromatic heterocycles. The number of fused-ring (bicyclic) bond motifs is 16. The van der Waals surface area contributed by atoms with Gasteiger partial charge in [-0.1, -0.05) is 231 Å². The maximum absolute atomic E-state index is 2.58. The summed E-state index contributed by atoms with van der Waals surface area (Å²) in [5, 5.41) is 4.91. The van der Waals surface area contributed by atoms with Gasteiger partial charge in [-0.25, -0.2) is 0 Å². The zero-order valence-electron chi connectivity index (χ0n) is 42.6. The lowest BCUT2D eigenvalue weighted by molar-refractivity contribution is 0.794. The van der Waals surface area contributed by atoms with Crippen molar-refractivity contribution in [2.24, 2.45) is 0 Å². The third kappa shape index (κ3) is 6.10. The molecule has 0 saturated carbocycles. The molecule has 0 saturated heterocycles. The first-order valence-corrected chi connectivity index (χ1v) is 27.3. The second-order valence-electron chi connectivity index (χ2n) is 21.5. The van der Waals surface area contributed by atoms with Crippen LogP contribution in [-0.2, 0) is 5.41 Å². The van der Waals surface area contributed by atoms with Gasteiger partial charge in [0.05, 0.1) is 5.41 Å². The molecule has 3 heteroatoms. The summed E-state index contributed by atoms with van der Waals surface area (Å²) in [5.74, 6) is 0. The fourth-order valence-electron chi connectivity index (χ4n) is 14.2. The number of hydrogen-bond donors (Lipinski definition) is 0. The third-order valence-corrected chi connectivity index (χ3v) is 17.6. The Bertz CT molecular complexity index is 4360. The first-order chi connectivity index (χ1) is 38.7. The van der Waals surface area contributed by atoms with E-state index in [1.165, 1.54) is 139 Å². The Morgan fingerprint density at radius 2 is 0.603 bits per heavy atom. The Morgan fingerprint density at radius 1 is 0.244 bits per heavy atom. The van der Waals surface area contributed by atoms with Gasteiger partial charge in [-0.05, 0) is 170 Å². The molecular weight excluding hydrogens is 940 g/mol. The van der Waals surface area contributed by atoms with Crippen LogP contribution in [0.5, 0.6) is 0 Å². The second-order valence-corrected chi connectivity index (χ2v) is 21.5. The van der Waals surface area contributed by atoms with Gasteiger partial charge < -0.3 is 9.80 Å². The Labute approximate surface area is 454 Å². The largest absolute Gasteiger partial charge is 0.311 e. The van der Waals surface area contributed by atoms with E-state index in [-0.39, 0.29) is 6.71 Å². The highest BCUT2D eigenvalue weighted by Gasteiger charge is 2.52. The third-order valence-electron chi connectivity index (χ3n) is 17.6. The molecule has 78 heavy (non-hydrogen) atoms. The summed E-state index contributed by atoms with van der Waals surface area (Å²) < 4.78 is 0. The fraction of sp³-hybridized carbons (Fsp3) is 0.0133. The van der Waals surface area contributed by atoms with Gasteiger partial charge in [0.25, 0.3) is 6.71 Å². The molecule has 0 bridgehead atoms. The van der Waals surface area contributed by atoms with Gasteiger partial charge in [-0.2, -0.15) is 0 Å². The maximum atomic E-state index is 2.58. The SMILES string of the molecule is c1ccc(-c2ccc(N3c4cc5ccccc5cc4B4c5cc6ccccc6cc5N(c5ccc(-c6ccccc6)cc5)c5cc(-c6ccc7c(c6)C6(c8ccccc8-c8ccccc86)c6ccccc6-7)cc3c54)cc2)cc1. The van der Waals surface area contributed by atoms with Crippen LogP contribution in [0.25, 0.3) is 77.2 Å². The van der Waals surface area contributed by atoms with E-state index in [2.05, 4.69) is 295 Å². The van der Waals surface area contributed by atoms with Crippen molar-refractivity contribution < 1.29 is 0 Å². The lowest BCUT2D eigenvalue weighted by atomic mass is 9.33. The van der Waals surface area contributed by atoms with Crippen LogP contribution in [-0.4, -0.2) is 6.71 Å². The van der Waals surface area contributed by atoms with Gasteiger partial charge in [0, 0.05) is 34.1 Å². The van der Waals surface area contributed by atoms with E-state index >= 15 is 0 Å². The van der Waals surface area contributed by atoms with Crippen molar-refractivity contribution in [2.75, 3.05) is 9.80 Å². The van der Waals surface area contributed by atoms with Crippen molar-refractivity contribution in [2.45, 2.75) is 5.41 Å². The highest BCUT2D eigenvalue weighted by atomic mass is 15.2. The van der Waals surface area contributed by atoms with Gasteiger partial charge in [0.2, 0.25) is 0 Å². The number of benzene rings is 13. The van der Waals surface area contributed by atoms with Crippen LogP contribution in [0.3, 0.4) is 0 Å². The molecule has 2 aliphatic carbocycles. The summed E-state index contributed by atoms with van der Waals surface area (Å²) in [6, 6.07) is 107. The van der Waals surface area contributed by atoms with Crippen LogP contribution in [0.2, 0.25) is 0 Å². The van der Waals surface area contributed by atoms with Crippen molar-refractivity contribution in [1.82, 2.24) is 0 Å². The molecule has 0 N–H and O–H groups in total. The predicted molar refractivity (Wildman–Crippen MR) is 328 cm³/mol. The van der Waals surface area contributed by atoms with Gasteiger partial charge >= 0.3 is 0 Å². The molecule has 0 radical (unpaired) electrons. The number of nitrogens with zero attached hydrogens (tertiary/aromatic N) is 2. The van der Waals surface area contributed by atoms with Crippen molar-refractivity contribution in [3.05, 3.63) is 307 Å². The van der Waals surface area contributed by atoms with E-state index in [1.54, 1.807) is 0 Å².